The number of amides is 2. The number of rotatable bonds is 5. The SMILES string of the molecule is COC(=O)[C@@H](NC(=O)c1n[nH]c2c1CCN(C(=O)C1CC1)C2)c1ccccc1.O=CO. The van der Waals surface area contributed by atoms with Gasteiger partial charge in [-0.1, -0.05) is 30.3 Å². The summed E-state index contributed by atoms with van der Waals surface area (Å²) >= 11 is 0. The van der Waals surface area contributed by atoms with Crippen LogP contribution in [0.3, 0.4) is 0 Å². The maximum absolute atomic E-state index is 12.8. The molecule has 1 fully saturated rings. The lowest BCUT2D eigenvalue weighted by Crippen LogP contribution is -2.38. The van der Waals surface area contributed by atoms with E-state index in [1.54, 1.807) is 24.3 Å². The first-order chi connectivity index (χ1) is 15.0. The number of hydrogen-bond acceptors (Lipinski definition) is 6. The number of carboxylic acid groups (broad SMARTS) is 1. The van der Waals surface area contributed by atoms with E-state index < -0.39 is 17.9 Å². The number of benzene rings is 1. The molecule has 1 aliphatic carbocycles. The molecule has 10 nitrogen and oxygen atoms in total. The zero-order chi connectivity index (χ0) is 22.4. The van der Waals surface area contributed by atoms with Crippen LogP contribution < -0.4 is 5.32 Å². The smallest absolute Gasteiger partial charge is 0.333 e. The Labute approximate surface area is 178 Å². The molecule has 1 saturated carbocycles. The summed E-state index contributed by atoms with van der Waals surface area (Å²) in [5.41, 5.74) is 2.47. The highest BCUT2D eigenvalue weighted by molar-refractivity contribution is 5.97. The second-order valence-corrected chi connectivity index (χ2v) is 7.26. The molecule has 1 atom stereocenters. The number of fused-ring (bicyclic) bond motifs is 1. The lowest BCUT2D eigenvalue weighted by atomic mass is 10.0. The first-order valence-electron chi connectivity index (χ1n) is 9.86. The van der Waals surface area contributed by atoms with Gasteiger partial charge in [-0.05, 0) is 24.8 Å². The van der Waals surface area contributed by atoms with Crippen molar-refractivity contribution in [3.05, 3.63) is 52.8 Å². The topological polar surface area (TPSA) is 142 Å². The highest BCUT2D eigenvalue weighted by atomic mass is 16.5. The van der Waals surface area contributed by atoms with Crippen molar-refractivity contribution >= 4 is 24.3 Å². The van der Waals surface area contributed by atoms with Crippen molar-refractivity contribution in [2.24, 2.45) is 5.92 Å². The number of aromatic nitrogens is 2. The molecule has 0 bridgehead atoms. The van der Waals surface area contributed by atoms with Crippen LogP contribution in [0.5, 0.6) is 0 Å². The summed E-state index contributed by atoms with van der Waals surface area (Å²) in [4.78, 5) is 47.5. The molecule has 2 heterocycles. The summed E-state index contributed by atoms with van der Waals surface area (Å²) in [5, 5.41) is 16.7. The third-order valence-electron chi connectivity index (χ3n) is 5.23. The van der Waals surface area contributed by atoms with E-state index in [0.29, 0.717) is 25.1 Å². The monoisotopic (exact) mass is 428 g/mol. The maximum Gasteiger partial charge on any atom is 0.333 e. The molecule has 10 heteroatoms. The molecule has 0 spiro atoms. The molecule has 164 valence electrons. The summed E-state index contributed by atoms with van der Waals surface area (Å²) in [6.07, 6.45) is 2.49. The van der Waals surface area contributed by atoms with E-state index in [2.05, 4.69) is 15.5 Å². The minimum atomic E-state index is -0.914. The Morgan fingerprint density at radius 3 is 2.58 bits per heavy atom. The van der Waals surface area contributed by atoms with Crippen LogP contribution in [-0.2, 0) is 32.1 Å². The Morgan fingerprint density at radius 1 is 1.29 bits per heavy atom. The number of nitrogens with zero attached hydrogens (tertiary/aromatic N) is 2. The molecule has 0 unspecified atom stereocenters. The fourth-order valence-electron chi connectivity index (χ4n) is 3.52. The average Bonchev–Trinajstić information content (AvgIpc) is 3.56. The van der Waals surface area contributed by atoms with Crippen molar-refractivity contribution in [1.29, 1.82) is 0 Å². The molecular formula is C21H24N4O6. The number of ether oxygens (including phenoxy) is 1. The number of methoxy groups -OCH3 is 1. The highest BCUT2D eigenvalue weighted by Gasteiger charge is 2.36. The zero-order valence-corrected chi connectivity index (χ0v) is 17.0. The molecule has 2 amide bonds. The number of carbonyl (C=O) groups is 4. The van der Waals surface area contributed by atoms with Crippen molar-refractivity contribution in [1.82, 2.24) is 20.4 Å². The molecule has 1 aromatic heterocycles. The Bertz CT molecular complexity index is 954. The van der Waals surface area contributed by atoms with Crippen LogP contribution in [-0.4, -0.2) is 58.1 Å². The van der Waals surface area contributed by atoms with E-state index in [-0.39, 0.29) is 24.0 Å². The molecule has 3 N–H and O–H groups in total. The summed E-state index contributed by atoms with van der Waals surface area (Å²) in [7, 11) is 1.28. The van der Waals surface area contributed by atoms with Crippen LogP contribution in [0.1, 0.15) is 46.2 Å². The Balaban J connectivity index is 0.000000858. The lowest BCUT2D eigenvalue weighted by Gasteiger charge is -2.27. The molecule has 2 aliphatic rings. The van der Waals surface area contributed by atoms with Gasteiger partial charge in [-0.25, -0.2) is 4.79 Å². The number of nitrogens with one attached hydrogen (secondary N) is 2. The van der Waals surface area contributed by atoms with E-state index in [4.69, 9.17) is 14.6 Å². The summed E-state index contributed by atoms with van der Waals surface area (Å²) in [5.74, 6) is -0.649. The van der Waals surface area contributed by atoms with E-state index >= 15 is 0 Å². The van der Waals surface area contributed by atoms with Crippen molar-refractivity contribution in [2.75, 3.05) is 13.7 Å². The number of H-pyrrole nitrogens is 1. The van der Waals surface area contributed by atoms with E-state index in [0.717, 1.165) is 24.1 Å². The molecule has 0 radical (unpaired) electrons. The first-order valence-corrected chi connectivity index (χ1v) is 9.86. The van der Waals surface area contributed by atoms with Crippen LogP contribution >= 0.6 is 0 Å². The molecular weight excluding hydrogens is 404 g/mol. The molecule has 1 aromatic carbocycles. The summed E-state index contributed by atoms with van der Waals surface area (Å²) in [6.45, 7) is 0.755. The number of esters is 1. The van der Waals surface area contributed by atoms with Gasteiger partial charge in [-0.2, -0.15) is 5.10 Å². The van der Waals surface area contributed by atoms with E-state index in [1.165, 1.54) is 7.11 Å². The Hall–Kier alpha value is -3.69. The number of hydrogen-bond donors (Lipinski definition) is 3. The summed E-state index contributed by atoms with van der Waals surface area (Å²) in [6, 6.07) is 8.01. The maximum atomic E-state index is 12.8. The van der Waals surface area contributed by atoms with Gasteiger partial charge in [0.15, 0.2) is 11.7 Å². The largest absolute Gasteiger partial charge is 0.483 e. The fraction of sp³-hybridized carbons (Fsp3) is 0.381. The van der Waals surface area contributed by atoms with Gasteiger partial charge in [0.25, 0.3) is 12.4 Å². The first kappa shape index (κ1) is 22.0. The van der Waals surface area contributed by atoms with Crippen LogP contribution in [0, 0.1) is 5.92 Å². The van der Waals surface area contributed by atoms with Gasteiger partial charge in [-0.15, -0.1) is 0 Å². The van der Waals surface area contributed by atoms with Crippen molar-refractivity contribution < 1.29 is 29.0 Å². The van der Waals surface area contributed by atoms with Crippen LogP contribution in [0.2, 0.25) is 0 Å². The van der Waals surface area contributed by atoms with E-state index in [9.17, 15) is 14.4 Å². The van der Waals surface area contributed by atoms with Gasteiger partial charge >= 0.3 is 5.97 Å². The minimum Gasteiger partial charge on any atom is -0.483 e. The Kier molecular flexibility index (Phi) is 7.01. The number of aromatic amines is 1. The predicted molar refractivity (Wildman–Crippen MR) is 108 cm³/mol. The van der Waals surface area contributed by atoms with Crippen molar-refractivity contribution in [3.63, 3.8) is 0 Å². The van der Waals surface area contributed by atoms with Crippen molar-refractivity contribution in [2.45, 2.75) is 31.8 Å². The van der Waals surface area contributed by atoms with Gasteiger partial charge in [0.05, 0.1) is 19.3 Å². The highest BCUT2D eigenvalue weighted by Crippen LogP contribution is 2.33. The molecule has 0 saturated heterocycles. The molecule has 31 heavy (non-hydrogen) atoms. The van der Waals surface area contributed by atoms with Crippen LogP contribution in [0.25, 0.3) is 0 Å². The van der Waals surface area contributed by atoms with Crippen molar-refractivity contribution in [3.8, 4) is 0 Å². The van der Waals surface area contributed by atoms with Gasteiger partial charge in [-0.3, -0.25) is 19.5 Å². The van der Waals surface area contributed by atoms with Crippen LogP contribution in [0.15, 0.2) is 30.3 Å². The van der Waals surface area contributed by atoms with E-state index in [1.807, 2.05) is 11.0 Å². The van der Waals surface area contributed by atoms with Gasteiger partial charge < -0.3 is 20.1 Å². The quantitative estimate of drug-likeness (QED) is 0.477. The third kappa shape index (κ3) is 5.08. The number of carbonyl (C=O) groups excluding carboxylic acids is 3. The molecule has 2 aromatic rings. The van der Waals surface area contributed by atoms with Gasteiger partial charge in [0, 0.05) is 18.0 Å². The fourth-order valence-corrected chi connectivity index (χ4v) is 3.52. The standard InChI is InChI=1S/C20H22N4O4.CH2O2/c1-28-20(27)16(12-5-3-2-4-6-12)21-18(25)17-14-9-10-24(11-15(14)22-23-17)19(26)13-7-8-13;2-1-3/h2-6,13,16H,7-11H2,1H3,(H,21,25)(H,22,23);1H,(H,2,3)/t16-;/m0./s1. The lowest BCUT2D eigenvalue weighted by molar-refractivity contribution is -0.143. The Morgan fingerprint density at radius 2 is 1.97 bits per heavy atom. The van der Waals surface area contributed by atoms with Gasteiger partial charge in [0.1, 0.15) is 0 Å². The second kappa shape index (κ2) is 9.88. The zero-order valence-electron chi connectivity index (χ0n) is 17.0. The van der Waals surface area contributed by atoms with Crippen LogP contribution in [0.4, 0.5) is 0 Å². The average molecular weight is 428 g/mol. The van der Waals surface area contributed by atoms with Gasteiger partial charge in [0.2, 0.25) is 5.91 Å². The minimum absolute atomic E-state index is 0.166. The second-order valence-electron chi connectivity index (χ2n) is 7.26. The summed E-state index contributed by atoms with van der Waals surface area (Å²) < 4.78 is 4.84. The third-order valence-corrected chi connectivity index (χ3v) is 5.23. The normalized spacial score (nSPS) is 15.6. The molecule has 4 rings (SSSR count). The molecule has 1 aliphatic heterocycles. The predicted octanol–water partition coefficient (Wildman–Crippen LogP) is 1.05.